The van der Waals surface area contributed by atoms with Gasteiger partial charge in [0.25, 0.3) is 0 Å². The van der Waals surface area contributed by atoms with Gasteiger partial charge in [0.15, 0.2) is 0 Å². The maximum Gasteiger partial charge on any atom is 0.0575 e. The van der Waals surface area contributed by atoms with Crippen LogP contribution in [0.3, 0.4) is 0 Å². The quantitative estimate of drug-likeness (QED) is 0.567. The average molecular weight is 128 g/mol. The molecular formula is C8H16O. The van der Waals surface area contributed by atoms with Crippen molar-refractivity contribution in [2.45, 2.75) is 45.1 Å². The summed E-state index contributed by atoms with van der Waals surface area (Å²) in [5.74, 6) is 0. The highest BCUT2D eigenvalue weighted by atomic mass is 16.5. The van der Waals surface area contributed by atoms with Crippen molar-refractivity contribution in [3.05, 3.63) is 0 Å². The van der Waals surface area contributed by atoms with Gasteiger partial charge in [0, 0.05) is 6.61 Å². The molecule has 0 amide bonds. The minimum atomic E-state index is 0.616. The van der Waals surface area contributed by atoms with Gasteiger partial charge in [-0.05, 0) is 19.3 Å². The molecule has 0 N–H and O–H groups in total. The summed E-state index contributed by atoms with van der Waals surface area (Å²) in [6.45, 7) is 3.12. The maximum absolute atomic E-state index is 5.55. The van der Waals surface area contributed by atoms with Crippen LogP contribution in [0.2, 0.25) is 0 Å². The molecule has 0 atom stereocenters. The predicted octanol–water partition coefficient (Wildman–Crippen LogP) is 2.36. The van der Waals surface area contributed by atoms with E-state index in [1.54, 1.807) is 0 Å². The van der Waals surface area contributed by atoms with Crippen LogP contribution in [0, 0.1) is 0 Å². The summed E-state index contributed by atoms with van der Waals surface area (Å²) in [7, 11) is 0. The second-order valence-corrected chi connectivity index (χ2v) is 2.78. The standard InChI is InChI=1S/C8H16O/c1-2-7-9-8-5-3-4-6-8/h8H,2-7H2,1H3. The lowest BCUT2D eigenvalue weighted by molar-refractivity contribution is 0.0589. The second kappa shape index (κ2) is 3.89. The normalized spacial score (nSPS) is 21.0. The first kappa shape index (κ1) is 7.07. The zero-order valence-corrected chi connectivity index (χ0v) is 6.23. The molecule has 0 aromatic carbocycles. The molecule has 1 aliphatic carbocycles. The first-order valence-electron chi connectivity index (χ1n) is 4.05. The molecule has 1 rings (SSSR count). The van der Waals surface area contributed by atoms with Crippen molar-refractivity contribution in [1.82, 2.24) is 0 Å². The Hall–Kier alpha value is -0.0400. The monoisotopic (exact) mass is 128 g/mol. The molecule has 0 unspecified atom stereocenters. The molecule has 1 fully saturated rings. The van der Waals surface area contributed by atoms with Crippen molar-refractivity contribution in [2.24, 2.45) is 0 Å². The van der Waals surface area contributed by atoms with Crippen LogP contribution >= 0.6 is 0 Å². The van der Waals surface area contributed by atoms with E-state index in [4.69, 9.17) is 4.74 Å². The van der Waals surface area contributed by atoms with Gasteiger partial charge in [0.1, 0.15) is 0 Å². The van der Waals surface area contributed by atoms with E-state index in [2.05, 4.69) is 6.92 Å². The van der Waals surface area contributed by atoms with Crippen LogP contribution in [0.15, 0.2) is 0 Å². The van der Waals surface area contributed by atoms with Gasteiger partial charge in [0.2, 0.25) is 0 Å². The Morgan fingerprint density at radius 2 is 2.00 bits per heavy atom. The fraction of sp³-hybridized carbons (Fsp3) is 1.00. The van der Waals surface area contributed by atoms with Crippen molar-refractivity contribution < 1.29 is 4.74 Å². The van der Waals surface area contributed by atoms with Crippen molar-refractivity contribution in [1.29, 1.82) is 0 Å². The second-order valence-electron chi connectivity index (χ2n) is 2.78. The van der Waals surface area contributed by atoms with Crippen LogP contribution in [0.5, 0.6) is 0 Å². The third-order valence-electron chi connectivity index (χ3n) is 1.86. The van der Waals surface area contributed by atoms with Crippen LogP contribution in [0.4, 0.5) is 0 Å². The van der Waals surface area contributed by atoms with Crippen molar-refractivity contribution in [2.75, 3.05) is 6.61 Å². The molecule has 0 bridgehead atoms. The van der Waals surface area contributed by atoms with Gasteiger partial charge in [-0.3, -0.25) is 0 Å². The van der Waals surface area contributed by atoms with Crippen molar-refractivity contribution in [3.8, 4) is 0 Å². The lowest BCUT2D eigenvalue weighted by Crippen LogP contribution is -2.07. The molecule has 1 saturated carbocycles. The molecule has 0 aromatic heterocycles. The first-order valence-corrected chi connectivity index (χ1v) is 4.05. The Bertz CT molecular complexity index is 65.0. The highest BCUT2D eigenvalue weighted by molar-refractivity contribution is 4.66. The maximum atomic E-state index is 5.55. The molecular weight excluding hydrogens is 112 g/mol. The smallest absolute Gasteiger partial charge is 0.0575 e. The molecule has 0 aliphatic heterocycles. The molecule has 1 aliphatic rings. The van der Waals surface area contributed by atoms with Crippen LogP contribution < -0.4 is 0 Å². The number of rotatable bonds is 3. The lowest BCUT2D eigenvalue weighted by Gasteiger charge is -2.08. The molecule has 0 aromatic rings. The minimum Gasteiger partial charge on any atom is -0.378 e. The summed E-state index contributed by atoms with van der Waals surface area (Å²) >= 11 is 0. The van der Waals surface area contributed by atoms with Gasteiger partial charge in [-0.25, -0.2) is 0 Å². The van der Waals surface area contributed by atoms with E-state index in [0.717, 1.165) is 13.0 Å². The molecule has 0 radical (unpaired) electrons. The van der Waals surface area contributed by atoms with E-state index in [1.807, 2.05) is 0 Å². The zero-order chi connectivity index (χ0) is 6.53. The molecule has 9 heavy (non-hydrogen) atoms. The number of hydrogen-bond acceptors (Lipinski definition) is 1. The summed E-state index contributed by atoms with van der Waals surface area (Å²) in [6, 6.07) is 0. The van der Waals surface area contributed by atoms with Crippen LogP contribution in [0.1, 0.15) is 39.0 Å². The van der Waals surface area contributed by atoms with E-state index >= 15 is 0 Å². The fourth-order valence-corrected chi connectivity index (χ4v) is 1.34. The van der Waals surface area contributed by atoms with Crippen molar-refractivity contribution >= 4 is 0 Å². The molecule has 0 spiro atoms. The Balaban J connectivity index is 1.98. The molecule has 0 saturated heterocycles. The molecule has 54 valence electrons. The number of hydrogen-bond donors (Lipinski definition) is 0. The largest absolute Gasteiger partial charge is 0.378 e. The average Bonchev–Trinajstić information content (AvgIpc) is 2.34. The Morgan fingerprint density at radius 1 is 1.33 bits per heavy atom. The van der Waals surface area contributed by atoms with E-state index in [-0.39, 0.29) is 0 Å². The Kier molecular flexibility index (Phi) is 3.05. The third-order valence-corrected chi connectivity index (χ3v) is 1.86. The predicted molar refractivity (Wildman–Crippen MR) is 38.5 cm³/mol. The Morgan fingerprint density at radius 3 is 2.56 bits per heavy atom. The van der Waals surface area contributed by atoms with Gasteiger partial charge in [-0.2, -0.15) is 0 Å². The highest BCUT2D eigenvalue weighted by Gasteiger charge is 2.13. The van der Waals surface area contributed by atoms with Gasteiger partial charge < -0.3 is 4.74 Å². The van der Waals surface area contributed by atoms with Gasteiger partial charge in [0.05, 0.1) is 6.10 Å². The highest BCUT2D eigenvalue weighted by Crippen LogP contribution is 2.20. The van der Waals surface area contributed by atoms with E-state index in [9.17, 15) is 0 Å². The first-order chi connectivity index (χ1) is 4.43. The summed E-state index contributed by atoms with van der Waals surface area (Å²) in [5.41, 5.74) is 0. The van der Waals surface area contributed by atoms with Gasteiger partial charge in [-0.1, -0.05) is 19.8 Å². The third kappa shape index (κ3) is 2.35. The van der Waals surface area contributed by atoms with Crippen LogP contribution in [0.25, 0.3) is 0 Å². The number of ether oxygens (including phenoxy) is 1. The zero-order valence-electron chi connectivity index (χ0n) is 6.23. The Labute approximate surface area is 57.4 Å². The van der Waals surface area contributed by atoms with E-state index in [1.165, 1.54) is 25.7 Å². The van der Waals surface area contributed by atoms with Crippen LogP contribution in [-0.4, -0.2) is 12.7 Å². The summed E-state index contributed by atoms with van der Waals surface area (Å²) in [4.78, 5) is 0. The SMILES string of the molecule is CCCOC1CCCC1. The molecule has 0 heterocycles. The van der Waals surface area contributed by atoms with E-state index < -0.39 is 0 Å². The van der Waals surface area contributed by atoms with Crippen LogP contribution in [-0.2, 0) is 4.74 Å². The molecule has 1 nitrogen and oxygen atoms in total. The summed E-state index contributed by atoms with van der Waals surface area (Å²) < 4.78 is 5.55. The summed E-state index contributed by atoms with van der Waals surface area (Å²) in [5, 5.41) is 0. The molecule has 1 heteroatoms. The van der Waals surface area contributed by atoms with Gasteiger partial charge >= 0.3 is 0 Å². The minimum absolute atomic E-state index is 0.616. The van der Waals surface area contributed by atoms with Gasteiger partial charge in [-0.15, -0.1) is 0 Å². The topological polar surface area (TPSA) is 9.23 Å². The van der Waals surface area contributed by atoms with E-state index in [0.29, 0.717) is 6.10 Å². The van der Waals surface area contributed by atoms with Crippen molar-refractivity contribution in [3.63, 3.8) is 0 Å². The lowest BCUT2D eigenvalue weighted by atomic mass is 10.3. The fourth-order valence-electron chi connectivity index (χ4n) is 1.34. The summed E-state index contributed by atoms with van der Waals surface area (Å²) in [6.07, 6.45) is 7.16.